The molecule has 0 radical (unpaired) electrons. The van der Waals surface area contributed by atoms with Crippen LogP contribution >= 0.6 is 0 Å². The van der Waals surface area contributed by atoms with Crippen molar-refractivity contribution in [3.05, 3.63) is 23.8 Å². The first kappa shape index (κ1) is 14.8. The maximum absolute atomic E-state index is 11.8. The summed E-state index contributed by atoms with van der Waals surface area (Å²) >= 11 is 0. The summed E-state index contributed by atoms with van der Waals surface area (Å²) in [5.74, 6) is 0.632. The van der Waals surface area contributed by atoms with Crippen molar-refractivity contribution in [2.45, 2.75) is 40.0 Å². The molecule has 0 fully saturated rings. The van der Waals surface area contributed by atoms with Crippen molar-refractivity contribution in [3.8, 4) is 0 Å². The standard InChI is InChI=1S/C15H26N2O/c1-5-17(6-2)15(18)16-11-13-7-9-14(10-8-13)12(3)4/h7,14H,3,5-6,8-11H2,1-2,4H3,(H,16,18). The Balaban J connectivity index is 2.37. The molecule has 0 saturated heterocycles. The van der Waals surface area contributed by atoms with E-state index in [1.807, 2.05) is 13.8 Å². The molecule has 0 aromatic heterocycles. The highest BCUT2D eigenvalue weighted by Crippen LogP contribution is 2.27. The Morgan fingerprint density at radius 2 is 2.17 bits per heavy atom. The predicted molar refractivity (Wildman–Crippen MR) is 76.6 cm³/mol. The topological polar surface area (TPSA) is 32.3 Å². The zero-order valence-electron chi connectivity index (χ0n) is 12.0. The van der Waals surface area contributed by atoms with Crippen molar-refractivity contribution in [3.63, 3.8) is 0 Å². The molecule has 0 saturated carbocycles. The molecule has 1 unspecified atom stereocenters. The van der Waals surface area contributed by atoms with Crippen LogP contribution in [0.15, 0.2) is 23.8 Å². The van der Waals surface area contributed by atoms with Crippen LogP contribution in [0.4, 0.5) is 4.79 Å². The number of hydrogen-bond donors (Lipinski definition) is 1. The fourth-order valence-corrected chi connectivity index (χ4v) is 2.31. The second kappa shape index (κ2) is 7.24. The van der Waals surface area contributed by atoms with Gasteiger partial charge >= 0.3 is 6.03 Å². The molecule has 102 valence electrons. The zero-order chi connectivity index (χ0) is 13.5. The average Bonchev–Trinajstić information content (AvgIpc) is 2.38. The molecule has 0 heterocycles. The summed E-state index contributed by atoms with van der Waals surface area (Å²) in [6.45, 7) is 12.3. The fraction of sp³-hybridized carbons (Fsp3) is 0.667. The van der Waals surface area contributed by atoms with E-state index in [-0.39, 0.29) is 6.03 Å². The van der Waals surface area contributed by atoms with E-state index in [1.54, 1.807) is 4.90 Å². The third-order valence-electron chi connectivity index (χ3n) is 3.72. The number of amides is 2. The predicted octanol–water partition coefficient (Wildman–Crippen LogP) is 3.34. The molecule has 1 N–H and O–H groups in total. The molecule has 3 nitrogen and oxygen atoms in total. The van der Waals surface area contributed by atoms with Gasteiger partial charge < -0.3 is 10.2 Å². The van der Waals surface area contributed by atoms with Gasteiger partial charge in [0.2, 0.25) is 0 Å². The molecule has 0 aliphatic heterocycles. The Hall–Kier alpha value is -1.25. The lowest BCUT2D eigenvalue weighted by molar-refractivity contribution is 0.204. The number of rotatable bonds is 5. The Morgan fingerprint density at radius 1 is 1.50 bits per heavy atom. The minimum Gasteiger partial charge on any atom is -0.334 e. The van der Waals surface area contributed by atoms with Gasteiger partial charge in [0.05, 0.1) is 0 Å². The van der Waals surface area contributed by atoms with Crippen molar-refractivity contribution >= 4 is 6.03 Å². The van der Waals surface area contributed by atoms with Gasteiger partial charge in [-0.3, -0.25) is 0 Å². The van der Waals surface area contributed by atoms with E-state index in [2.05, 4.69) is 24.9 Å². The number of nitrogens with one attached hydrogen (secondary N) is 1. The second-order valence-electron chi connectivity index (χ2n) is 5.01. The van der Waals surface area contributed by atoms with E-state index >= 15 is 0 Å². The third kappa shape index (κ3) is 4.21. The maximum atomic E-state index is 11.8. The minimum atomic E-state index is 0.0444. The Bertz CT molecular complexity index is 329. The lowest BCUT2D eigenvalue weighted by atomic mass is 9.85. The van der Waals surface area contributed by atoms with E-state index in [0.29, 0.717) is 12.5 Å². The van der Waals surface area contributed by atoms with E-state index in [1.165, 1.54) is 17.6 Å². The molecule has 1 aliphatic carbocycles. The molecule has 1 atom stereocenters. The van der Waals surface area contributed by atoms with Crippen LogP contribution in [0, 0.1) is 5.92 Å². The molecular weight excluding hydrogens is 224 g/mol. The van der Waals surface area contributed by atoms with Crippen LogP contribution in [-0.4, -0.2) is 30.6 Å². The van der Waals surface area contributed by atoms with E-state index in [0.717, 1.165) is 25.9 Å². The number of nitrogens with zero attached hydrogens (tertiary/aromatic N) is 1. The van der Waals surface area contributed by atoms with Crippen molar-refractivity contribution in [2.75, 3.05) is 19.6 Å². The number of carbonyl (C=O) groups is 1. The van der Waals surface area contributed by atoms with Crippen molar-refractivity contribution in [2.24, 2.45) is 5.92 Å². The molecule has 18 heavy (non-hydrogen) atoms. The second-order valence-corrected chi connectivity index (χ2v) is 5.01. The average molecular weight is 250 g/mol. The molecule has 0 bridgehead atoms. The normalized spacial score (nSPS) is 19.1. The maximum Gasteiger partial charge on any atom is 0.317 e. The number of carbonyl (C=O) groups excluding carboxylic acids is 1. The smallest absolute Gasteiger partial charge is 0.317 e. The van der Waals surface area contributed by atoms with Gasteiger partial charge in [0.1, 0.15) is 0 Å². The summed E-state index contributed by atoms with van der Waals surface area (Å²) < 4.78 is 0. The summed E-state index contributed by atoms with van der Waals surface area (Å²) in [6.07, 6.45) is 5.59. The molecular formula is C15H26N2O. The molecule has 0 spiro atoms. The molecule has 0 aromatic carbocycles. The Labute approximate surface area is 111 Å². The van der Waals surface area contributed by atoms with Crippen molar-refractivity contribution < 1.29 is 4.79 Å². The number of allylic oxidation sites excluding steroid dienone is 2. The summed E-state index contributed by atoms with van der Waals surface area (Å²) in [5, 5.41) is 2.99. The van der Waals surface area contributed by atoms with E-state index in [4.69, 9.17) is 0 Å². The van der Waals surface area contributed by atoms with Crippen LogP contribution in [0.3, 0.4) is 0 Å². The fourth-order valence-electron chi connectivity index (χ4n) is 2.31. The van der Waals surface area contributed by atoms with Crippen LogP contribution in [0.5, 0.6) is 0 Å². The number of urea groups is 1. The first-order valence-corrected chi connectivity index (χ1v) is 6.94. The SMILES string of the molecule is C=C(C)C1CC=C(CNC(=O)N(CC)CC)CC1. The largest absolute Gasteiger partial charge is 0.334 e. The first-order valence-electron chi connectivity index (χ1n) is 6.94. The van der Waals surface area contributed by atoms with Gasteiger partial charge in [-0.05, 0) is 46.0 Å². The van der Waals surface area contributed by atoms with Gasteiger partial charge in [-0.2, -0.15) is 0 Å². The molecule has 0 aromatic rings. The van der Waals surface area contributed by atoms with Crippen LogP contribution in [0.25, 0.3) is 0 Å². The van der Waals surface area contributed by atoms with Crippen LogP contribution in [0.1, 0.15) is 40.0 Å². The zero-order valence-corrected chi connectivity index (χ0v) is 12.0. The van der Waals surface area contributed by atoms with Crippen LogP contribution < -0.4 is 5.32 Å². The van der Waals surface area contributed by atoms with Crippen LogP contribution in [0.2, 0.25) is 0 Å². The van der Waals surface area contributed by atoms with Gasteiger partial charge in [-0.25, -0.2) is 4.79 Å². The van der Waals surface area contributed by atoms with Gasteiger partial charge in [0.15, 0.2) is 0 Å². The summed E-state index contributed by atoms with van der Waals surface area (Å²) in [7, 11) is 0. The van der Waals surface area contributed by atoms with Crippen LogP contribution in [-0.2, 0) is 0 Å². The summed E-state index contributed by atoms with van der Waals surface area (Å²) in [5.41, 5.74) is 2.63. The Kier molecular flexibility index (Phi) is 5.96. The van der Waals surface area contributed by atoms with Gasteiger partial charge in [-0.15, -0.1) is 0 Å². The van der Waals surface area contributed by atoms with E-state index in [9.17, 15) is 4.79 Å². The lowest BCUT2D eigenvalue weighted by Gasteiger charge is -2.24. The quantitative estimate of drug-likeness (QED) is 0.746. The Morgan fingerprint density at radius 3 is 2.61 bits per heavy atom. The lowest BCUT2D eigenvalue weighted by Crippen LogP contribution is -2.40. The summed E-state index contributed by atoms with van der Waals surface area (Å²) in [6, 6.07) is 0.0444. The van der Waals surface area contributed by atoms with Crippen molar-refractivity contribution in [1.29, 1.82) is 0 Å². The highest BCUT2D eigenvalue weighted by Gasteiger charge is 2.16. The minimum absolute atomic E-state index is 0.0444. The third-order valence-corrected chi connectivity index (χ3v) is 3.72. The molecule has 3 heteroatoms. The molecule has 1 aliphatic rings. The van der Waals surface area contributed by atoms with E-state index < -0.39 is 0 Å². The van der Waals surface area contributed by atoms with Gasteiger partial charge in [0.25, 0.3) is 0 Å². The summed E-state index contributed by atoms with van der Waals surface area (Å²) in [4.78, 5) is 13.6. The highest BCUT2D eigenvalue weighted by molar-refractivity contribution is 5.74. The highest BCUT2D eigenvalue weighted by atomic mass is 16.2. The molecule has 1 rings (SSSR count). The number of hydrogen-bond acceptors (Lipinski definition) is 1. The monoisotopic (exact) mass is 250 g/mol. The van der Waals surface area contributed by atoms with Crippen molar-refractivity contribution in [1.82, 2.24) is 10.2 Å². The van der Waals surface area contributed by atoms with Gasteiger partial charge in [0, 0.05) is 19.6 Å². The van der Waals surface area contributed by atoms with Gasteiger partial charge in [-0.1, -0.05) is 23.8 Å². The molecule has 2 amide bonds. The first-order chi connectivity index (χ1) is 8.58.